The van der Waals surface area contributed by atoms with Crippen molar-refractivity contribution in [2.45, 2.75) is 0 Å². The third-order valence-corrected chi connectivity index (χ3v) is 4.14. The van der Waals surface area contributed by atoms with Crippen molar-refractivity contribution in [1.29, 1.82) is 0 Å². The molecule has 0 amide bonds. The van der Waals surface area contributed by atoms with E-state index in [4.69, 9.17) is 11.6 Å². The standard InChI is InChI=1S/C7H3BrClIN2S/c8-6-3-12(13-10)7-5(6)1-4(9)2-11-7/h1-3H. The molecule has 2 rings (SSSR count). The number of pyridine rings is 1. The first kappa shape index (κ1) is 10.1. The molecule has 6 heteroatoms. The summed E-state index contributed by atoms with van der Waals surface area (Å²) in [7, 11) is 1.58. The van der Waals surface area contributed by atoms with Crippen LogP contribution in [0.2, 0.25) is 5.02 Å². The van der Waals surface area contributed by atoms with Crippen molar-refractivity contribution in [1.82, 2.24) is 8.96 Å². The summed E-state index contributed by atoms with van der Waals surface area (Å²) in [6, 6.07) is 1.90. The minimum Gasteiger partial charge on any atom is -0.265 e. The summed E-state index contributed by atoms with van der Waals surface area (Å²) in [6.07, 6.45) is 3.63. The van der Waals surface area contributed by atoms with Crippen LogP contribution >= 0.6 is 57.9 Å². The van der Waals surface area contributed by atoms with Gasteiger partial charge in [0.15, 0.2) is 5.65 Å². The first-order valence-corrected chi connectivity index (χ1v) is 7.82. The van der Waals surface area contributed by atoms with Crippen molar-refractivity contribution in [2.75, 3.05) is 0 Å². The Kier molecular flexibility index (Phi) is 3.07. The monoisotopic (exact) mass is 388 g/mol. The Morgan fingerprint density at radius 3 is 3.08 bits per heavy atom. The fourth-order valence-electron chi connectivity index (χ4n) is 1.07. The molecule has 0 fully saturated rings. The van der Waals surface area contributed by atoms with Gasteiger partial charge in [-0.15, -0.1) is 0 Å². The van der Waals surface area contributed by atoms with Gasteiger partial charge < -0.3 is 0 Å². The zero-order valence-electron chi connectivity index (χ0n) is 6.17. The molecule has 13 heavy (non-hydrogen) atoms. The molecule has 0 radical (unpaired) electrons. The average Bonchev–Trinajstić information content (AvgIpc) is 2.43. The summed E-state index contributed by atoms with van der Waals surface area (Å²) in [6.45, 7) is 0. The van der Waals surface area contributed by atoms with Crippen LogP contribution in [0.3, 0.4) is 0 Å². The number of hydrogen-bond acceptors (Lipinski definition) is 2. The van der Waals surface area contributed by atoms with Gasteiger partial charge in [0.05, 0.1) is 5.02 Å². The molecule has 0 aliphatic rings. The maximum absolute atomic E-state index is 5.84. The van der Waals surface area contributed by atoms with Crippen LogP contribution in [0.25, 0.3) is 11.0 Å². The Morgan fingerprint density at radius 1 is 1.62 bits per heavy atom. The van der Waals surface area contributed by atoms with Crippen LogP contribution in [-0.4, -0.2) is 8.96 Å². The van der Waals surface area contributed by atoms with Crippen LogP contribution in [0.1, 0.15) is 0 Å². The first-order chi connectivity index (χ1) is 6.22. The van der Waals surface area contributed by atoms with Gasteiger partial charge in [0, 0.05) is 52.6 Å². The third-order valence-electron chi connectivity index (χ3n) is 1.60. The second-order valence-corrected chi connectivity index (χ2v) is 5.40. The molecule has 0 N–H and O–H groups in total. The fraction of sp³-hybridized carbons (Fsp3) is 0. The molecule has 0 aliphatic carbocycles. The lowest BCUT2D eigenvalue weighted by atomic mass is 10.3. The van der Waals surface area contributed by atoms with E-state index in [2.05, 4.69) is 42.1 Å². The highest BCUT2D eigenvalue weighted by Gasteiger charge is 2.07. The van der Waals surface area contributed by atoms with Gasteiger partial charge in [0.2, 0.25) is 0 Å². The molecule has 0 saturated heterocycles. The van der Waals surface area contributed by atoms with E-state index >= 15 is 0 Å². The zero-order chi connectivity index (χ0) is 9.42. The molecule has 2 nitrogen and oxygen atoms in total. The van der Waals surface area contributed by atoms with E-state index in [1.165, 1.54) is 0 Å². The van der Waals surface area contributed by atoms with Crippen LogP contribution in [0, 0.1) is 0 Å². The third kappa shape index (κ3) is 1.84. The minimum absolute atomic E-state index is 0.657. The van der Waals surface area contributed by atoms with E-state index in [0.717, 1.165) is 15.5 Å². The normalized spacial score (nSPS) is 11.0. The molecule has 0 aliphatic heterocycles. The first-order valence-electron chi connectivity index (χ1n) is 3.33. The van der Waals surface area contributed by atoms with Gasteiger partial charge in [0.1, 0.15) is 0 Å². The van der Waals surface area contributed by atoms with Gasteiger partial charge in [-0.3, -0.25) is 3.97 Å². The summed E-state index contributed by atoms with van der Waals surface area (Å²) < 4.78 is 3.00. The smallest absolute Gasteiger partial charge is 0.151 e. The molecule has 0 aromatic carbocycles. The van der Waals surface area contributed by atoms with Crippen molar-refractivity contribution >= 4 is 68.9 Å². The van der Waals surface area contributed by atoms with Gasteiger partial charge in [-0.2, -0.15) is 0 Å². The fourth-order valence-corrected chi connectivity index (χ4v) is 3.12. The van der Waals surface area contributed by atoms with Crippen molar-refractivity contribution in [3.63, 3.8) is 0 Å². The summed E-state index contributed by atoms with van der Waals surface area (Å²) in [5.41, 5.74) is 0.927. The summed E-state index contributed by atoms with van der Waals surface area (Å²) in [5.74, 6) is 0. The quantitative estimate of drug-likeness (QED) is 0.677. The SMILES string of the molecule is Clc1cnc2c(c1)c(Br)cn2SI. The zero-order valence-corrected chi connectivity index (χ0v) is 11.5. The van der Waals surface area contributed by atoms with Gasteiger partial charge in [-0.25, -0.2) is 4.98 Å². The van der Waals surface area contributed by atoms with Crippen LogP contribution < -0.4 is 0 Å². The van der Waals surface area contributed by atoms with Crippen molar-refractivity contribution < 1.29 is 0 Å². The second-order valence-electron chi connectivity index (χ2n) is 2.40. The number of halogens is 3. The van der Waals surface area contributed by atoms with E-state index in [-0.39, 0.29) is 0 Å². The Bertz CT molecular complexity index is 459. The number of nitrogens with zero attached hydrogens (tertiary/aromatic N) is 2. The minimum atomic E-state index is 0.657. The molecule has 2 heterocycles. The Balaban J connectivity index is 2.80. The molecule has 68 valence electrons. The number of fused-ring (bicyclic) bond motifs is 1. The van der Waals surface area contributed by atoms with E-state index in [0.29, 0.717) is 5.02 Å². The Hall–Kier alpha value is 0.540. The highest BCUT2D eigenvalue weighted by Crippen LogP contribution is 2.31. The molecular weight excluding hydrogens is 386 g/mol. The van der Waals surface area contributed by atoms with Gasteiger partial charge in [0.25, 0.3) is 0 Å². The molecule has 0 atom stereocenters. The number of hydrogen-bond donors (Lipinski definition) is 0. The van der Waals surface area contributed by atoms with Crippen molar-refractivity contribution in [3.05, 3.63) is 28.0 Å². The van der Waals surface area contributed by atoms with Gasteiger partial charge >= 0.3 is 0 Å². The lowest BCUT2D eigenvalue weighted by Gasteiger charge is -1.95. The molecule has 0 saturated carbocycles. The maximum Gasteiger partial charge on any atom is 0.151 e. The predicted octanol–water partition coefficient (Wildman–Crippen LogP) is 4.30. The van der Waals surface area contributed by atoms with Crippen molar-refractivity contribution in [3.8, 4) is 0 Å². The molecule has 0 spiro atoms. The largest absolute Gasteiger partial charge is 0.265 e. The lowest BCUT2D eigenvalue weighted by molar-refractivity contribution is 1.27. The topological polar surface area (TPSA) is 17.8 Å². The highest BCUT2D eigenvalue weighted by atomic mass is 127. The Labute approximate surface area is 105 Å². The van der Waals surface area contributed by atoms with Gasteiger partial charge in [-0.1, -0.05) is 11.6 Å². The molecule has 0 bridgehead atoms. The summed E-state index contributed by atoms with van der Waals surface area (Å²) in [4.78, 5) is 4.25. The summed E-state index contributed by atoms with van der Waals surface area (Å²) >= 11 is 11.5. The van der Waals surface area contributed by atoms with E-state index in [1.54, 1.807) is 15.3 Å². The van der Waals surface area contributed by atoms with Crippen LogP contribution in [0.5, 0.6) is 0 Å². The van der Waals surface area contributed by atoms with Crippen LogP contribution in [-0.2, 0) is 0 Å². The van der Waals surface area contributed by atoms with E-state index in [1.807, 2.05) is 16.2 Å². The number of aromatic nitrogens is 2. The van der Waals surface area contributed by atoms with Crippen LogP contribution in [0.4, 0.5) is 0 Å². The van der Waals surface area contributed by atoms with Crippen molar-refractivity contribution in [2.24, 2.45) is 0 Å². The van der Waals surface area contributed by atoms with Gasteiger partial charge in [-0.05, 0) is 22.0 Å². The maximum atomic E-state index is 5.84. The Morgan fingerprint density at radius 2 is 2.38 bits per heavy atom. The van der Waals surface area contributed by atoms with E-state index < -0.39 is 0 Å². The van der Waals surface area contributed by atoms with E-state index in [9.17, 15) is 0 Å². The highest BCUT2D eigenvalue weighted by molar-refractivity contribution is 14.2. The predicted molar refractivity (Wildman–Crippen MR) is 69.5 cm³/mol. The average molecular weight is 389 g/mol. The molecule has 2 aromatic heterocycles. The number of rotatable bonds is 1. The second kappa shape index (κ2) is 3.96. The molecular formula is C7H3BrClIN2S. The lowest BCUT2D eigenvalue weighted by Crippen LogP contribution is -1.82. The summed E-state index contributed by atoms with van der Waals surface area (Å²) in [5, 5.41) is 1.70. The molecule has 2 aromatic rings. The molecule has 0 unspecified atom stereocenters. The van der Waals surface area contributed by atoms with Crippen LogP contribution in [0.15, 0.2) is 22.9 Å².